The van der Waals surface area contributed by atoms with Gasteiger partial charge in [0.2, 0.25) is 5.91 Å². The molecule has 7 heteroatoms. The summed E-state index contributed by atoms with van der Waals surface area (Å²) < 4.78 is 1.98. The highest BCUT2D eigenvalue weighted by Gasteiger charge is 2.22. The van der Waals surface area contributed by atoms with Crippen LogP contribution in [0.2, 0.25) is 0 Å². The van der Waals surface area contributed by atoms with Crippen molar-refractivity contribution >= 4 is 35.1 Å². The molecule has 0 saturated carbocycles. The summed E-state index contributed by atoms with van der Waals surface area (Å²) in [7, 11) is 1.96. The van der Waals surface area contributed by atoms with Crippen molar-refractivity contribution in [1.29, 1.82) is 0 Å². The minimum absolute atomic E-state index is 0.00988. The Bertz CT molecular complexity index is 1010. The number of aromatic nitrogens is 3. The van der Waals surface area contributed by atoms with Gasteiger partial charge >= 0.3 is 0 Å². The lowest BCUT2D eigenvalue weighted by atomic mass is 10.1. The average molecular weight is 441 g/mol. The molecule has 2 aromatic carbocycles. The average Bonchev–Trinajstić information content (AvgIpc) is 3.07. The van der Waals surface area contributed by atoms with Gasteiger partial charge in [-0.2, -0.15) is 0 Å². The van der Waals surface area contributed by atoms with E-state index < -0.39 is 0 Å². The van der Waals surface area contributed by atoms with Gasteiger partial charge in [-0.3, -0.25) is 4.79 Å². The Morgan fingerprint density at radius 1 is 1.07 bits per heavy atom. The monoisotopic (exact) mass is 440 g/mol. The normalized spacial score (nSPS) is 12.0. The van der Waals surface area contributed by atoms with Crippen molar-refractivity contribution in [2.75, 3.05) is 5.32 Å². The molecule has 0 radical (unpaired) electrons. The molecule has 5 nitrogen and oxygen atoms in total. The molecule has 1 atom stereocenters. The van der Waals surface area contributed by atoms with E-state index in [2.05, 4.69) is 53.6 Å². The summed E-state index contributed by atoms with van der Waals surface area (Å²) in [5, 5.41) is 12.2. The second-order valence-electron chi connectivity index (χ2n) is 7.36. The van der Waals surface area contributed by atoms with Crippen molar-refractivity contribution in [3.05, 3.63) is 65.0 Å². The summed E-state index contributed by atoms with van der Waals surface area (Å²) in [6.45, 7) is 8.21. The van der Waals surface area contributed by atoms with Crippen LogP contribution in [0.3, 0.4) is 0 Å². The van der Waals surface area contributed by atoms with Crippen LogP contribution in [-0.4, -0.2) is 25.9 Å². The standard InChI is InChI=1S/C23H28N4OS2/c1-6-20(22(28)24-18-10-9-16(3)17(4)13-18)30-23-26-25-21(27(23)5)14-29-19-11-7-15(2)8-12-19/h7-13,20H,6,14H2,1-5H3,(H,24,28). The Labute approximate surface area is 187 Å². The summed E-state index contributed by atoms with van der Waals surface area (Å²) in [4.78, 5) is 14.0. The van der Waals surface area contributed by atoms with Crippen LogP contribution in [0, 0.1) is 20.8 Å². The number of hydrogen-bond acceptors (Lipinski definition) is 5. The van der Waals surface area contributed by atoms with E-state index in [0.717, 1.165) is 28.0 Å². The number of nitrogens with zero attached hydrogens (tertiary/aromatic N) is 3. The van der Waals surface area contributed by atoms with Gasteiger partial charge in [0.05, 0.1) is 11.0 Å². The Morgan fingerprint density at radius 2 is 1.80 bits per heavy atom. The number of thioether (sulfide) groups is 2. The van der Waals surface area contributed by atoms with Crippen molar-refractivity contribution in [1.82, 2.24) is 14.8 Å². The Kier molecular flexibility index (Phi) is 7.61. The maximum Gasteiger partial charge on any atom is 0.237 e. The topological polar surface area (TPSA) is 59.8 Å². The highest BCUT2D eigenvalue weighted by molar-refractivity contribution is 8.00. The van der Waals surface area contributed by atoms with Gasteiger partial charge in [-0.25, -0.2) is 0 Å². The number of carbonyl (C=O) groups is 1. The maximum atomic E-state index is 12.8. The fraction of sp³-hybridized carbons (Fsp3) is 0.348. The first-order chi connectivity index (χ1) is 14.4. The highest BCUT2D eigenvalue weighted by atomic mass is 32.2. The third-order valence-corrected chi connectivity index (χ3v) is 7.41. The van der Waals surface area contributed by atoms with Crippen molar-refractivity contribution in [3.63, 3.8) is 0 Å². The Balaban J connectivity index is 1.62. The molecule has 158 valence electrons. The smallest absolute Gasteiger partial charge is 0.237 e. The molecule has 1 N–H and O–H groups in total. The molecule has 3 rings (SSSR count). The zero-order chi connectivity index (χ0) is 21.7. The third kappa shape index (κ3) is 5.67. The number of rotatable bonds is 8. The summed E-state index contributed by atoms with van der Waals surface area (Å²) >= 11 is 3.20. The molecule has 0 saturated heterocycles. The van der Waals surface area contributed by atoms with Crippen LogP contribution >= 0.6 is 23.5 Å². The van der Waals surface area contributed by atoms with Crippen LogP contribution in [0.25, 0.3) is 0 Å². The summed E-state index contributed by atoms with van der Waals surface area (Å²) in [5.41, 5.74) is 4.46. The first kappa shape index (κ1) is 22.4. The maximum absolute atomic E-state index is 12.8. The molecule has 1 amide bonds. The number of aryl methyl sites for hydroxylation is 3. The lowest BCUT2D eigenvalue weighted by Gasteiger charge is -2.15. The number of carbonyl (C=O) groups excluding carboxylic acids is 1. The largest absolute Gasteiger partial charge is 0.325 e. The van der Waals surface area contributed by atoms with E-state index in [1.54, 1.807) is 11.8 Å². The number of benzene rings is 2. The van der Waals surface area contributed by atoms with E-state index in [9.17, 15) is 4.79 Å². The first-order valence-electron chi connectivity index (χ1n) is 10.00. The quantitative estimate of drug-likeness (QED) is 0.466. The van der Waals surface area contributed by atoms with Crippen LogP contribution in [0.5, 0.6) is 0 Å². The molecule has 0 aliphatic heterocycles. The van der Waals surface area contributed by atoms with Gasteiger partial charge in [0.1, 0.15) is 5.82 Å². The number of hydrogen-bond donors (Lipinski definition) is 1. The predicted octanol–water partition coefficient (Wildman–Crippen LogP) is 5.54. The molecule has 0 aliphatic carbocycles. The van der Waals surface area contributed by atoms with E-state index in [1.165, 1.54) is 27.8 Å². The van der Waals surface area contributed by atoms with Gasteiger partial charge in [-0.1, -0.05) is 42.4 Å². The third-order valence-electron chi connectivity index (χ3n) is 5.00. The van der Waals surface area contributed by atoms with Crippen LogP contribution in [0.4, 0.5) is 5.69 Å². The molecule has 3 aromatic rings. The fourth-order valence-corrected chi connectivity index (χ4v) is 4.66. The van der Waals surface area contributed by atoms with Crippen molar-refractivity contribution < 1.29 is 4.79 Å². The van der Waals surface area contributed by atoms with Gasteiger partial charge in [0, 0.05) is 17.6 Å². The van der Waals surface area contributed by atoms with E-state index in [1.807, 2.05) is 43.7 Å². The van der Waals surface area contributed by atoms with Gasteiger partial charge in [-0.15, -0.1) is 22.0 Å². The van der Waals surface area contributed by atoms with Crippen LogP contribution in [-0.2, 0) is 17.6 Å². The predicted molar refractivity (Wildman–Crippen MR) is 126 cm³/mol. The molecule has 30 heavy (non-hydrogen) atoms. The molecule has 1 unspecified atom stereocenters. The lowest BCUT2D eigenvalue weighted by Crippen LogP contribution is -2.25. The molecule has 0 aliphatic rings. The molecule has 0 spiro atoms. The van der Waals surface area contributed by atoms with Crippen molar-refractivity contribution in [2.24, 2.45) is 7.05 Å². The van der Waals surface area contributed by atoms with Gasteiger partial charge in [0.25, 0.3) is 0 Å². The van der Waals surface area contributed by atoms with E-state index in [4.69, 9.17) is 0 Å². The summed E-state index contributed by atoms with van der Waals surface area (Å²) in [5.74, 6) is 1.62. The van der Waals surface area contributed by atoms with Gasteiger partial charge in [0.15, 0.2) is 5.16 Å². The lowest BCUT2D eigenvalue weighted by molar-refractivity contribution is -0.115. The van der Waals surface area contributed by atoms with E-state index in [-0.39, 0.29) is 11.2 Å². The second-order valence-corrected chi connectivity index (χ2v) is 9.58. The Hall–Kier alpha value is -2.25. The molecule has 0 bridgehead atoms. The van der Waals surface area contributed by atoms with Crippen molar-refractivity contribution in [3.8, 4) is 0 Å². The zero-order valence-electron chi connectivity index (χ0n) is 18.1. The van der Waals surface area contributed by atoms with Crippen LogP contribution in [0.15, 0.2) is 52.5 Å². The highest BCUT2D eigenvalue weighted by Crippen LogP contribution is 2.28. The molecular formula is C23H28N4OS2. The number of anilines is 1. The Morgan fingerprint density at radius 3 is 2.47 bits per heavy atom. The zero-order valence-corrected chi connectivity index (χ0v) is 19.7. The second kappa shape index (κ2) is 10.2. The minimum atomic E-state index is -0.230. The first-order valence-corrected chi connectivity index (χ1v) is 11.9. The van der Waals surface area contributed by atoms with E-state index in [0.29, 0.717) is 6.42 Å². The van der Waals surface area contributed by atoms with Crippen LogP contribution in [0.1, 0.15) is 35.9 Å². The SMILES string of the molecule is CCC(Sc1nnc(CSc2ccc(C)cc2)n1C)C(=O)Nc1ccc(C)c(C)c1. The summed E-state index contributed by atoms with van der Waals surface area (Å²) in [6, 6.07) is 14.4. The van der Waals surface area contributed by atoms with E-state index >= 15 is 0 Å². The van der Waals surface area contributed by atoms with Crippen molar-refractivity contribution in [2.45, 2.75) is 55.2 Å². The minimum Gasteiger partial charge on any atom is -0.325 e. The number of nitrogens with one attached hydrogen (secondary N) is 1. The molecule has 1 aromatic heterocycles. The fourth-order valence-electron chi connectivity index (χ4n) is 2.85. The van der Waals surface area contributed by atoms with Gasteiger partial charge < -0.3 is 9.88 Å². The van der Waals surface area contributed by atoms with Gasteiger partial charge in [-0.05, 0) is 62.6 Å². The number of amides is 1. The summed E-state index contributed by atoms with van der Waals surface area (Å²) in [6.07, 6.45) is 0.710. The van der Waals surface area contributed by atoms with Crippen LogP contribution < -0.4 is 5.32 Å². The molecule has 0 fully saturated rings. The molecule has 1 heterocycles. The molecular weight excluding hydrogens is 412 g/mol.